The van der Waals surface area contributed by atoms with E-state index < -0.39 is 0 Å². The summed E-state index contributed by atoms with van der Waals surface area (Å²) >= 11 is 0. The maximum absolute atomic E-state index is 12.5. The summed E-state index contributed by atoms with van der Waals surface area (Å²) in [5.41, 5.74) is 2.20. The van der Waals surface area contributed by atoms with Gasteiger partial charge in [-0.3, -0.25) is 19.4 Å². The van der Waals surface area contributed by atoms with E-state index in [1.54, 1.807) is 37.6 Å². The Kier molecular flexibility index (Phi) is 4.93. The number of nitrogens with zero attached hydrogens (tertiary/aromatic N) is 3. The molecule has 4 rings (SSSR count). The fourth-order valence-corrected chi connectivity index (χ4v) is 2.86. The van der Waals surface area contributed by atoms with Crippen molar-refractivity contribution in [3.63, 3.8) is 0 Å². The number of hydrogen-bond donors (Lipinski definition) is 3. The molecule has 0 fully saturated rings. The molecule has 0 spiro atoms. The van der Waals surface area contributed by atoms with Crippen LogP contribution in [-0.4, -0.2) is 38.9 Å². The van der Waals surface area contributed by atoms with E-state index >= 15 is 0 Å². The number of benzene rings is 2. The Morgan fingerprint density at radius 3 is 2.66 bits per heavy atom. The van der Waals surface area contributed by atoms with Gasteiger partial charge in [-0.05, 0) is 30.3 Å². The smallest absolute Gasteiger partial charge is 0.276 e. The largest absolute Gasteiger partial charge is 0.497 e. The Labute approximate surface area is 165 Å². The molecule has 9 nitrogen and oxygen atoms in total. The van der Waals surface area contributed by atoms with Crippen LogP contribution < -0.4 is 15.4 Å². The number of rotatable bonds is 6. The number of ether oxygens (including phenoxy) is 1. The molecular weight excluding hydrogens is 372 g/mol. The lowest BCUT2D eigenvalue weighted by Gasteiger charge is -2.06. The fourth-order valence-electron chi connectivity index (χ4n) is 2.86. The fraction of sp³-hybridized carbons (Fsp3) is 0.100. The Morgan fingerprint density at radius 2 is 1.86 bits per heavy atom. The van der Waals surface area contributed by atoms with E-state index in [4.69, 9.17) is 4.74 Å². The second kappa shape index (κ2) is 7.85. The number of anilines is 2. The van der Waals surface area contributed by atoms with Gasteiger partial charge in [-0.2, -0.15) is 10.2 Å². The summed E-state index contributed by atoms with van der Waals surface area (Å²) < 4.78 is 6.53. The van der Waals surface area contributed by atoms with Crippen LogP contribution in [0.25, 0.3) is 10.9 Å². The molecule has 0 radical (unpaired) electrons. The van der Waals surface area contributed by atoms with Crippen molar-refractivity contribution >= 4 is 34.1 Å². The lowest BCUT2D eigenvalue weighted by Crippen LogP contribution is -2.19. The zero-order valence-corrected chi connectivity index (χ0v) is 15.5. The molecule has 2 aromatic heterocycles. The molecule has 146 valence electrons. The number of carbonyl (C=O) groups excluding carboxylic acids is 2. The number of H-pyrrole nitrogens is 1. The molecule has 3 N–H and O–H groups in total. The number of fused-ring (bicyclic) bond motifs is 1. The predicted octanol–water partition coefficient (Wildman–Crippen LogP) is 2.66. The van der Waals surface area contributed by atoms with Crippen molar-refractivity contribution in [2.45, 2.75) is 6.54 Å². The van der Waals surface area contributed by atoms with E-state index in [-0.39, 0.29) is 18.4 Å². The van der Waals surface area contributed by atoms with E-state index in [0.717, 1.165) is 10.9 Å². The summed E-state index contributed by atoms with van der Waals surface area (Å²) in [6.45, 7) is 0.00718. The third-order valence-electron chi connectivity index (χ3n) is 4.26. The average Bonchev–Trinajstić information content (AvgIpc) is 3.35. The summed E-state index contributed by atoms with van der Waals surface area (Å²) in [7, 11) is 1.58. The molecule has 0 atom stereocenters. The first-order chi connectivity index (χ1) is 14.1. The molecule has 0 aliphatic carbocycles. The maximum atomic E-state index is 12.5. The van der Waals surface area contributed by atoms with Crippen LogP contribution in [0.2, 0.25) is 0 Å². The average molecular weight is 390 g/mol. The van der Waals surface area contributed by atoms with Gasteiger partial charge in [0.1, 0.15) is 12.3 Å². The van der Waals surface area contributed by atoms with Crippen molar-refractivity contribution in [2.24, 2.45) is 0 Å². The van der Waals surface area contributed by atoms with Gasteiger partial charge in [0.25, 0.3) is 5.91 Å². The van der Waals surface area contributed by atoms with Crippen LogP contribution in [0.1, 0.15) is 10.5 Å². The van der Waals surface area contributed by atoms with Gasteiger partial charge in [-0.25, -0.2) is 0 Å². The van der Waals surface area contributed by atoms with Gasteiger partial charge in [-0.1, -0.05) is 18.2 Å². The van der Waals surface area contributed by atoms with Crippen LogP contribution in [0.15, 0.2) is 60.9 Å². The third-order valence-corrected chi connectivity index (χ3v) is 4.26. The van der Waals surface area contributed by atoms with Gasteiger partial charge < -0.3 is 15.4 Å². The number of nitrogens with one attached hydrogen (secondary N) is 3. The van der Waals surface area contributed by atoms with Gasteiger partial charge >= 0.3 is 0 Å². The molecule has 0 bridgehead atoms. The van der Waals surface area contributed by atoms with Crippen molar-refractivity contribution in [1.82, 2.24) is 20.0 Å². The number of amides is 2. The van der Waals surface area contributed by atoms with Crippen LogP contribution in [0.4, 0.5) is 11.4 Å². The highest BCUT2D eigenvalue weighted by Crippen LogP contribution is 2.17. The lowest BCUT2D eigenvalue weighted by atomic mass is 10.2. The molecular formula is C20H18N6O3. The number of aromatic nitrogens is 4. The summed E-state index contributed by atoms with van der Waals surface area (Å²) in [5, 5.41) is 17.3. The Hall–Kier alpha value is -4.14. The monoisotopic (exact) mass is 390 g/mol. The van der Waals surface area contributed by atoms with Crippen molar-refractivity contribution in [2.75, 3.05) is 17.7 Å². The van der Waals surface area contributed by atoms with Crippen LogP contribution in [0.5, 0.6) is 5.75 Å². The predicted molar refractivity (Wildman–Crippen MR) is 108 cm³/mol. The number of para-hydroxylation sites is 1. The number of aromatic amines is 1. The zero-order valence-electron chi connectivity index (χ0n) is 15.5. The van der Waals surface area contributed by atoms with E-state index in [1.807, 2.05) is 24.3 Å². The molecule has 0 aliphatic heterocycles. The highest BCUT2D eigenvalue weighted by Gasteiger charge is 2.15. The summed E-state index contributed by atoms with van der Waals surface area (Å²) in [5.74, 6) is 0.110. The van der Waals surface area contributed by atoms with Crippen LogP contribution in [-0.2, 0) is 11.3 Å². The van der Waals surface area contributed by atoms with Crippen LogP contribution >= 0.6 is 0 Å². The van der Waals surface area contributed by atoms with Gasteiger partial charge in [0.2, 0.25) is 5.91 Å². The summed E-state index contributed by atoms with van der Waals surface area (Å²) in [6, 6.07) is 14.4. The molecule has 4 aromatic rings. The molecule has 0 saturated carbocycles. The van der Waals surface area contributed by atoms with E-state index in [9.17, 15) is 9.59 Å². The molecule has 2 heterocycles. The van der Waals surface area contributed by atoms with E-state index in [0.29, 0.717) is 22.8 Å². The highest BCUT2D eigenvalue weighted by molar-refractivity contribution is 6.11. The SMILES string of the molecule is COc1ccc(NC(=O)Cn2cc(NC(=O)c3n[nH]c4ccccc34)cn2)cc1. The van der Waals surface area contributed by atoms with Gasteiger partial charge in [0.05, 0.1) is 24.5 Å². The Bertz CT molecular complexity index is 1160. The minimum absolute atomic E-state index is 0.00718. The minimum atomic E-state index is -0.357. The molecule has 2 aromatic carbocycles. The molecule has 29 heavy (non-hydrogen) atoms. The van der Waals surface area contributed by atoms with Crippen molar-refractivity contribution < 1.29 is 14.3 Å². The first-order valence-corrected chi connectivity index (χ1v) is 8.83. The molecule has 0 aliphatic rings. The van der Waals surface area contributed by atoms with Gasteiger partial charge in [0.15, 0.2) is 5.69 Å². The molecule has 9 heteroatoms. The first kappa shape index (κ1) is 18.2. The molecule has 2 amide bonds. The Balaban J connectivity index is 1.37. The third kappa shape index (κ3) is 4.08. The second-order valence-electron chi connectivity index (χ2n) is 6.28. The normalized spacial score (nSPS) is 10.7. The highest BCUT2D eigenvalue weighted by atomic mass is 16.5. The second-order valence-corrected chi connectivity index (χ2v) is 6.28. The molecule has 0 saturated heterocycles. The maximum Gasteiger partial charge on any atom is 0.276 e. The number of methoxy groups -OCH3 is 1. The van der Waals surface area contributed by atoms with Crippen molar-refractivity contribution in [3.8, 4) is 5.75 Å². The first-order valence-electron chi connectivity index (χ1n) is 8.83. The number of hydrogen-bond acceptors (Lipinski definition) is 5. The summed E-state index contributed by atoms with van der Waals surface area (Å²) in [4.78, 5) is 24.7. The quantitative estimate of drug-likeness (QED) is 0.468. The summed E-state index contributed by atoms with van der Waals surface area (Å²) in [6.07, 6.45) is 3.06. The lowest BCUT2D eigenvalue weighted by molar-refractivity contribution is -0.116. The number of carbonyl (C=O) groups is 2. The van der Waals surface area contributed by atoms with Crippen molar-refractivity contribution in [1.29, 1.82) is 0 Å². The van der Waals surface area contributed by atoms with Crippen molar-refractivity contribution in [3.05, 3.63) is 66.6 Å². The van der Waals surface area contributed by atoms with Gasteiger partial charge in [-0.15, -0.1) is 0 Å². The minimum Gasteiger partial charge on any atom is -0.497 e. The Morgan fingerprint density at radius 1 is 1.07 bits per heavy atom. The standard InChI is InChI=1S/C20H18N6O3/c1-29-15-8-6-13(7-9-15)22-18(27)12-26-11-14(10-21-26)23-20(28)19-16-4-2-3-5-17(16)24-25-19/h2-11H,12H2,1H3,(H,22,27)(H,23,28)(H,24,25). The topological polar surface area (TPSA) is 114 Å². The van der Waals surface area contributed by atoms with Crippen LogP contribution in [0, 0.1) is 0 Å². The zero-order chi connectivity index (χ0) is 20.2. The van der Waals surface area contributed by atoms with Crippen LogP contribution in [0.3, 0.4) is 0 Å². The van der Waals surface area contributed by atoms with E-state index in [1.165, 1.54) is 10.9 Å². The van der Waals surface area contributed by atoms with Gasteiger partial charge in [0, 0.05) is 17.3 Å². The van der Waals surface area contributed by atoms with E-state index in [2.05, 4.69) is 25.9 Å². The molecule has 0 unspecified atom stereocenters.